The molecule has 1 aliphatic rings. The van der Waals surface area contributed by atoms with E-state index < -0.39 is 11.4 Å². The molecular weight excluding hydrogens is 268 g/mol. The lowest BCUT2D eigenvalue weighted by Crippen LogP contribution is -2.50. The molecule has 1 amide bonds. The van der Waals surface area contributed by atoms with Crippen LogP contribution in [0, 0.1) is 5.41 Å². The summed E-state index contributed by atoms with van der Waals surface area (Å²) in [5.74, 6) is -0.785. The number of aliphatic carboxylic acids is 1. The summed E-state index contributed by atoms with van der Waals surface area (Å²) in [6, 6.07) is 3.67. The molecule has 114 valence electrons. The van der Waals surface area contributed by atoms with Gasteiger partial charge in [0.25, 0.3) is 0 Å². The van der Waals surface area contributed by atoms with Crippen LogP contribution in [0.3, 0.4) is 0 Å². The number of nitrogens with zero attached hydrogens (tertiary/aromatic N) is 2. The molecule has 0 bridgehead atoms. The lowest BCUT2D eigenvalue weighted by molar-refractivity contribution is -0.155. The minimum atomic E-state index is -0.775. The molecule has 0 spiro atoms. The molecule has 5 heteroatoms. The number of carbonyl (C=O) groups is 2. The second kappa shape index (κ2) is 6.70. The van der Waals surface area contributed by atoms with E-state index in [4.69, 9.17) is 0 Å². The topological polar surface area (TPSA) is 70.5 Å². The highest BCUT2D eigenvalue weighted by Crippen LogP contribution is 2.35. The Morgan fingerprint density at radius 3 is 2.90 bits per heavy atom. The molecule has 1 atom stereocenters. The van der Waals surface area contributed by atoms with Gasteiger partial charge in [0.15, 0.2) is 0 Å². The normalized spacial score (nSPS) is 22.0. The van der Waals surface area contributed by atoms with E-state index in [-0.39, 0.29) is 12.3 Å². The molecule has 0 aromatic carbocycles. The second-order valence-electron chi connectivity index (χ2n) is 5.79. The van der Waals surface area contributed by atoms with Crippen molar-refractivity contribution in [1.29, 1.82) is 0 Å². The Labute approximate surface area is 125 Å². The number of likely N-dealkylation sites (tertiary alicyclic amines) is 1. The van der Waals surface area contributed by atoms with E-state index in [2.05, 4.69) is 4.98 Å². The molecule has 0 aliphatic carbocycles. The van der Waals surface area contributed by atoms with Gasteiger partial charge in [0, 0.05) is 25.5 Å². The fourth-order valence-corrected chi connectivity index (χ4v) is 3.10. The van der Waals surface area contributed by atoms with E-state index in [0.29, 0.717) is 25.9 Å². The van der Waals surface area contributed by atoms with E-state index in [0.717, 1.165) is 18.4 Å². The van der Waals surface area contributed by atoms with E-state index in [9.17, 15) is 14.7 Å². The first-order valence-corrected chi connectivity index (χ1v) is 7.47. The van der Waals surface area contributed by atoms with Crippen molar-refractivity contribution >= 4 is 11.9 Å². The average Bonchev–Trinajstić information content (AvgIpc) is 2.48. The summed E-state index contributed by atoms with van der Waals surface area (Å²) >= 11 is 0. The van der Waals surface area contributed by atoms with E-state index in [1.165, 1.54) is 0 Å². The Bertz CT molecular complexity index is 500. The lowest BCUT2D eigenvalue weighted by atomic mass is 9.76. The fraction of sp³-hybridized carbons (Fsp3) is 0.562. The second-order valence-corrected chi connectivity index (χ2v) is 5.79. The predicted molar refractivity (Wildman–Crippen MR) is 78.7 cm³/mol. The van der Waals surface area contributed by atoms with Crippen molar-refractivity contribution in [2.24, 2.45) is 5.41 Å². The molecule has 2 heterocycles. The number of piperidine rings is 1. The van der Waals surface area contributed by atoms with Crippen LogP contribution in [0.2, 0.25) is 0 Å². The zero-order valence-corrected chi connectivity index (χ0v) is 12.4. The summed E-state index contributed by atoms with van der Waals surface area (Å²) in [5, 5.41) is 9.56. The van der Waals surface area contributed by atoms with Crippen LogP contribution in [-0.4, -0.2) is 40.0 Å². The van der Waals surface area contributed by atoms with Crippen molar-refractivity contribution < 1.29 is 14.7 Å². The molecule has 0 radical (unpaired) electrons. The van der Waals surface area contributed by atoms with Crippen molar-refractivity contribution in [1.82, 2.24) is 9.88 Å². The maximum absolute atomic E-state index is 12.4. The number of rotatable bonds is 5. The summed E-state index contributed by atoms with van der Waals surface area (Å²) in [6.07, 6.45) is 6.49. The van der Waals surface area contributed by atoms with Crippen LogP contribution >= 0.6 is 0 Å². The smallest absolute Gasteiger partial charge is 0.311 e. The Morgan fingerprint density at radius 2 is 2.29 bits per heavy atom. The van der Waals surface area contributed by atoms with Crippen LogP contribution in [0.25, 0.3) is 0 Å². The minimum Gasteiger partial charge on any atom is -0.481 e. The van der Waals surface area contributed by atoms with Gasteiger partial charge in [0.05, 0.1) is 11.8 Å². The number of carboxylic acid groups (broad SMARTS) is 1. The maximum atomic E-state index is 12.4. The summed E-state index contributed by atoms with van der Waals surface area (Å²) in [4.78, 5) is 29.7. The molecule has 1 saturated heterocycles. The monoisotopic (exact) mass is 290 g/mol. The molecule has 0 saturated carbocycles. The number of hydrogen-bond acceptors (Lipinski definition) is 3. The average molecular weight is 290 g/mol. The van der Waals surface area contributed by atoms with Gasteiger partial charge >= 0.3 is 5.97 Å². The molecule has 1 unspecified atom stereocenters. The Kier molecular flexibility index (Phi) is 4.94. The SMILES string of the molecule is CCCC1(C(=O)O)CCCN(C(=O)Cc2cccnc2)C1. The third kappa shape index (κ3) is 3.60. The highest BCUT2D eigenvalue weighted by Gasteiger charge is 2.42. The summed E-state index contributed by atoms with van der Waals surface area (Å²) in [6.45, 7) is 2.97. The molecule has 1 fully saturated rings. The van der Waals surface area contributed by atoms with Gasteiger partial charge in [0.1, 0.15) is 0 Å². The number of carbonyl (C=O) groups excluding carboxylic acids is 1. The van der Waals surface area contributed by atoms with Gasteiger partial charge in [0.2, 0.25) is 5.91 Å². The summed E-state index contributed by atoms with van der Waals surface area (Å²) in [7, 11) is 0. The molecule has 5 nitrogen and oxygen atoms in total. The van der Waals surface area contributed by atoms with Crippen molar-refractivity contribution in [3.63, 3.8) is 0 Å². The Morgan fingerprint density at radius 1 is 1.48 bits per heavy atom. The van der Waals surface area contributed by atoms with Gasteiger partial charge in [-0.1, -0.05) is 19.4 Å². The highest BCUT2D eigenvalue weighted by molar-refractivity contribution is 5.81. The predicted octanol–water partition coefficient (Wildman–Crippen LogP) is 2.12. The Hall–Kier alpha value is -1.91. The molecule has 21 heavy (non-hydrogen) atoms. The van der Waals surface area contributed by atoms with Gasteiger partial charge in [-0.25, -0.2) is 0 Å². The van der Waals surface area contributed by atoms with Gasteiger partial charge in [-0.3, -0.25) is 14.6 Å². The quantitative estimate of drug-likeness (QED) is 0.901. The first-order valence-electron chi connectivity index (χ1n) is 7.47. The van der Waals surface area contributed by atoms with Crippen molar-refractivity contribution in [3.8, 4) is 0 Å². The lowest BCUT2D eigenvalue weighted by Gasteiger charge is -2.40. The largest absolute Gasteiger partial charge is 0.481 e. The number of aromatic nitrogens is 1. The number of pyridine rings is 1. The number of carboxylic acids is 1. The van der Waals surface area contributed by atoms with Crippen LogP contribution in [-0.2, 0) is 16.0 Å². The van der Waals surface area contributed by atoms with E-state index in [1.54, 1.807) is 23.4 Å². The van der Waals surface area contributed by atoms with Crippen LogP contribution < -0.4 is 0 Å². The highest BCUT2D eigenvalue weighted by atomic mass is 16.4. The van der Waals surface area contributed by atoms with E-state index >= 15 is 0 Å². The molecule has 1 aromatic rings. The van der Waals surface area contributed by atoms with Crippen LogP contribution in [0.15, 0.2) is 24.5 Å². The first kappa shape index (κ1) is 15.5. The van der Waals surface area contributed by atoms with Gasteiger partial charge in [-0.2, -0.15) is 0 Å². The van der Waals surface area contributed by atoms with Crippen molar-refractivity contribution in [2.45, 2.75) is 39.0 Å². The zero-order chi connectivity index (χ0) is 15.3. The van der Waals surface area contributed by atoms with E-state index in [1.807, 2.05) is 13.0 Å². The third-order valence-corrected chi connectivity index (χ3v) is 4.19. The summed E-state index contributed by atoms with van der Waals surface area (Å²) in [5.41, 5.74) is 0.0990. The number of hydrogen-bond donors (Lipinski definition) is 1. The molecule has 1 aliphatic heterocycles. The van der Waals surface area contributed by atoms with Crippen molar-refractivity contribution in [2.75, 3.05) is 13.1 Å². The number of amides is 1. The Balaban J connectivity index is 2.06. The van der Waals surface area contributed by atoms with Gasteiger partial charge < -0.3 is 10.0 Å². The first-order chi connectivity index (χ1) is 10.1. The minimum absolute atomic E-state index is 0.00979. The van der Waals surface area contributed by atoms with Crippen LogP contribution in [0.1, 0.15) is 38.2 Å². The third-order valence-electron chi connectivity index (χ3n) is 4.19. The van der Waals surface area contributed by atoms with Crippen LogP contribution in [0.5, 0.6) is 0 Å². The molecule has 2 rings (SSSR count). The maximum Gasteiger partial charge on any atom is 0.311 e. The zero-order valence-electron chi connectivity index (χ0n) is 12.4. The van der Waals surface area contributed by atoms with Crippen molar-refractivity contribution in [3.05, 3.63) is 30.1 Å². The standard InChI is InChI=1S/C16H22N2O3/c1-2-6-16(15(20)21)7-4-9-18(12-16)14(19)10-13-5-3-8-17-11-13/h3,5,8,11H,2,4,6-7,9-10,12H2,1H3,(H,20,21). The fourth-order valence-electron chi connectivity index (χ4n) is 3.10. The summed E-state index contributed by atoms with van der Waals surface area (Å²) < 4.78 is 0. The molecule has 1 aromatic heterocycles. The molecular formula is C16H22N2O3. The van der Waals surface area contributed by atoms with Gasteiger partial charge in [-0.15, -0.1) is 0 Å². The van der Waals surface area contributed by atoms with Crippen LogP contribution in [0.4, 0.5) is 0 Å². The molecule has 1 N–H and O–H groups in total. The van der Waals surface area contributed by atoms with Gasteiger partial charge in [-0.05, 0) is 30.9 Å².